The Balaban J connectivity index is 0.00000256. The van der Waals surface area contributed by atoms with Crippen LogP contribution in [0.15, 0.2) is 42.6 Å². The maximum atomic E-state index is 12.6. The standard InChI is InChI=1S/C22H32N6O.ClH/c1-18(17-26-12-14-27(15-13-26)19-6-3-2-4-7-19)24-22(29)21-9-11-28(25-21)20-8-5-10-23-16-20;/h2-4,6-7,9,11,18,20,23H,5,8,10,12-17H2,1H3,(H,24,29);1H. The highest BCUT2D eigenvalue weighted by atomic mass is 35.5. The van der Waals surface area contributed by atoms with E-state index in [9.17, 15) is 4.79 Å². The number of piperidine rings is 1. The smallest absolute Gasteiger partial charge is 0.272 e. The van der Waals surface area contributed by atoms with Crippen molar-refractivity contribution in [3.63, 3.8) is 0 Å². The molecule has 2 aromatic rings. The van der Waals surface area contributed by atoms with Crippen molar-refractivity contribution >= 4 is 24.0 Å². The molecular formula is C22H33ClN6O. The molecule has 2 saturated heterocycles. The number of anilines is 1. The predicted octanol–water partition coefficient (Wildman–Crippen LogP) is 2.17. The minimum atomic E-state index is -0.0806. The second-order valence-electron chi connectivity index (χ2n) is 8.18. The van der Waals surface area contributed by atoms with Crippen LogP contribution in [0, 0.1) is 0 Å². The number of aromatic nitrogens is 2. The Hall–Kier alpha value is -2.09. The summed E-state index contributed by atoms with van der Waals surface area (Å²) in [7, 11) is 0. The molecule has 1 aromatic heterocycles. The van der Waals surface area contributed by atoms with Gasteiger partial charge in [0.1, 0.15) is 5.69 Å². The fourth-order valence-corrected chi connectivity index (χ4v) is 4.28. The number of carbonyl (C=O) groups excluding carboxylic acids is 1. The number of hydrogen-bond acceptors (Lipinski definition) is 5. The molecule has 3 heterocycles. The first-order valence-corrected chi connectivity index (χ1v) is 10.8. The molecule has 0 spiro atoms. The Bertz CT molecular complexity index is 784. The topological polar surface area (TPSA) is 65.4 Å². The lowest BCUT2D eigenvalue weighted by Gasteiger charge is -2.37. The van der Waals surface area contributed by atoms with Crippen LogP contribution in [0.2, 0.25) is 0 Å². The van der Waals surface area contributed by atoms with E-state index in [1.165, 1.54) is 5.69 Å². The van der Waals surface area contributed by atoms with Crippen molar-refractivity contribution in [2.75, 3.05) is 50.7 Å². The van der Waals surface area contributed by atoms with Gasteiger partial charge < -0.3 is 15.5 Å². The third-order valence-electron chi connectivity index (χ3n) is 5.89. The normalized spacial score (nSPS) is 21.0. The Morgan fingerprint density at radius 2 is 1.97 bits per heavy atom. The molecular weight excluding hydrogens is 400 g/mol. The molecule has 7 nitrogen and oxygen atoms in total. The Morgan fingerprint density at radius 3 is 2.67 bits per heavy atom. The van der Waals surface area contributed by atoms with Gasteiger partial charge in [-0.1, -0.05) is 18.2 Å². The van der Waals surface area contributed by atoms with Gasteiger partial charge >= 0.3 is 0 Å². The molecule has 2 aliphatic heterocycles. The number of amides is 1. The zero-order valence-electron chi connectivity index (χ0n) is 17.7. The zero-order valence-corrected chi connectivity index (χ0v) is 18.5. The summed E-state index contributed by atoms with van der Waals surface area (Å²) in [6, 6.07) is 12.8. The number of para-hydroxylation sites is 1. The number of hydrogen-bond donors (Lipinski definition) is 2. The molecule has 2 atom stereocenters. The van der Waals surface area contributed by atoms with Crippen molar-refractivity contribution in [3.8, 4) is 0 Å². The first-order valence-electron chi connectivity index (χ1n) is 10.8. The molecule has 2 unspecified atom stereocenters. The fourth-order valence-electron chi connectivity index (χ4n) is 4.28. The quantitative estimate of drug-likeness (QED) is 0.732. The van der Waals surface area contributed by atoms with E-state index in [1.54, 1.807) is 0 Å². The lowest BCUT2D eigenvalue weighted by molar-refractivity contribution is 0.0921. The summed E-state index contributed by atoms with van der Waals surface area (Å²) >= 11 is 0. The van der Waals surface area contributed by atoms with Gasteiger partial charge in [-0.25, -0.2) is 0 Å². The fraction of sp³-hybridized carbons (Fsp3) is 0.545. The van der Waals surface area contributed by atoms with Gasteiger partial charge in [0.2, 0.25) is 0 Å². The lowest BCUT2D eigenvalue weighted by atomic mass is 10.1. The molecule has 0 bridgehead atoms. The average molecular weight is 433 g/mol. The maximum absolute atomic E-state index is 12.6. The molecule has 2 aliphatic rings. The summed E-state index contributed by atoms with van der Waals surface area (Å²) in [6.45, 7) is 8.99. The summed E-state index contributed by atoms with van der Waals surface area (Å²) in [5.41, 5.74) is 1.80. The number of rotatable bonds is 6. The Morgan fingerprint density at radius 1 is 1.20 bits per heavy atom. The van der Waals surface area contributed by atoms with Crippen molar-refractivity contribution in [2.45, 2.75) is 31.8 Å². The number of carbonyl (C=O) groups is 1. The summed E-state index contributed by atoms with van der Waals surface area (Å²) in [6.07, 6.45) is 4.20. The molecule has 0 aliphatic carbocycles. The number of piperazine rings is 1. The first-order chi connectivity index (χ1) is 14.2. The highest BCUT2D eigenvalue weighted by molar-refractivity contribution is 5.92. The molecule has 164 valence electrons. The van der Waals surface area contributed by atoms with Crippen molar-refractivity contribution in [2.24, 2.45) is 0 Å². The first kappa shape index (κ1) is 22.6. The molecule has 0 radical (unpaired) electrons. The summed E-state index contributed by atoms with van der Waals surface area (Å²) < 4.78 is 1.94. The Labute approximate surface area is 185 Å². The van der Waals surface area contributed by atoms with E-state index in [-0.39, 0.29) is 24.4 Å². The molecule has 1 amide bonds. The average Bonchev–Trinajstić information content (AvgIpc) is 3.26. The summed E-state index contributed by atoms with van der Waals surface area (Å²) in [5.74, 6) is -0.0806. The van der Waals surface area contributed by atoms with E-state index >= 15 is 0 Å². The van der Waals surface area contributed by atoms with Crippen LogP contribution >= 0.6 is 12.4 Å². The van der Waals surface area contributed by atoms with Crippen LogP contribution in [0.4, 0.5) is 5.69 Å². The summed E-state index contributed by atoms with van der Waals surface area (Å²) in [4.78, 5) is 17.5. The minimum Gasteiger partial charge on any atom is -0.369 e. The van der Waals surface area contributed by atoms with Gasteiger partial charge in [-0.15, -0.1) is 12.4 Å². The van der Waals surface area contributed by atoms with Crippen molar-refractivity contribution in [3.05, 3.63) is 48.3 Å². The van der Waals surface area contributed by atoms with Gasteiger partial charge in [0.25, 0.3) is 5.91 Å². The molecule has 8 heteroatoms. The molecule has 2 fully saturated rings. The minimum absolute atomic E-state index is 0. The number of nitrogens with one attached hydrogen (secondary N) is 2. The lowest BCUT2D eigenvalue weighted by Crippen LogP contribution is -2.50. The number of nitrogens with zero attached hydrogens (tertiary/aromatic N) is 4. The number of benzene rings is 1. The molecule has 1 aromatic carbocycles. The predicted molar refractivity (Wildman–Crippen MR) is 123 cm³/mol. The second kappa shape index (κ2) is 10.8. The largest absolute Gasteiger partial charge is 0.369 e. The van der Waals surface area contributed by atoms with E-state index in [2.05, 4.69) is 62.8 Å². The SMILES string of the molecule is CC(CN1CCN(c2ccccc2)CC1)NC(=O)c1ccn(C2CCCNC2)n1.Cl. The van der Waals surface area contributed by atoms with Gasteiger partial charge in [0.05, 0.1) is 6.04 Å². The van der Waals surface area contributed by atoms with Gasteiger partial charge in [-0.05, 0) is 44.5 Å². The third-order valence-corrected chi connectivity index (χ3v) is 5.89. The molecule has 30 heavy (non-hydrogen) atoms. The van der Waals surface area contributed by atoms with Crippen LogP contribution in [0.25, 0.3) is 0 Å². The maximum Gasteiger partial charge on any atom is 0.272 e. The molecule has 2 N–H and O–H groups in total. The van der Waals surface area contributed by atoms with Crippen LogP contribution in [0.3, 0.4) is 0 Å². The van der Waals surface area contributed by atoms with Gasteiger partial charge in [0.15, 0.2) is 0 Å². The van der Waals surface area contributed by atoms with Crippen molar-refractivity contribution in [1.29, 1.82) is 0 Å². The van der Waals surface area contributed by atoms with Crippen LogP contribution in [-0.2, 0) is 0 Å². The van der Waals surface area contributed by atoms with E-state index < -0.39 is 0 Å². The van der Waals surface area contributed by atoms with E-state index in [0.29, 0.717) is 11.7 Å². The van der Waals surface area contributed by atoms with Crippen LogP contribution < -0.4 is 15.5 Å². The van der Waals surface area contributed by atoms with Crippen LogP contribution in [-0.4, -0.2) is 72.4 Å². The Kier molecular flexibility index (Phi) is 8.13. The number of halogens is 1. The zero-order chi connectivity index (χ0) is 20.1. The van der Waals surface area contributed by atoms with Crippen molar-refractivity contribution in [1.82, 2.24) is 25.3 Å². The third kappa shape index (κ3) is 5.74. The van der Waals surface area contributed by atoms with Crippen LogP contribution in [0.5, 0.6) is 0 Å². The highest BCUT2D eigenvalue weighted by Crippen LogP contribution is 2.17. The molecule has 4 rings (SSSR count). The van der Waals surface area contributed by atoms with E-state index in [1.807, 2.05) is 16.9 Å². The van der Waals surface area contributed by atoms with E-state index in [4.69, 9.17) is 0 Å². The van der Waals surface area contributed by atoms with Crippen LogP contribution in [0.1, 0.15) is 36.3 Å². The van der Waals surface area contributed by atoms with Crippen molar-refractivity contribution < 1.29 is 4.79 Å². The highest BCUT2D eigenvalue weighted by Gasteiger charge is 2.21. The monoisotopic (exact) mass is 432 g/mol. The van der Waals surface area contributed by atoms with Gasteiger partial charge in [-0.2, -0.15) is 5.10 Å². The second-order valence-corrected chi connectivity index (χ2v) is 8.18. The summed E-state index contributed by atoms with van der Waals surface area (Å²) in [5, 5.41) is 11.0. The van der Waals surface area contributed by atoms with E-state index in [0.717, 1.165) is 58.7 Å². The molecule has 0 saturated carbocycles. The van der Waals surface area contributed by atoms with Gasteiger partial charge in [-0.3, -0.25) is 14.4 Å². The van der Waals surface area contributed by atoms with Gasteiger partial charge in [0, 0.05) is 57.2 Å².